The van der Waals surface area contributed by atoms with Gasteiger partial charge in [-0.15, -0.1) is 0 Å². The Bertz CT molecular complexity index is 418. The standard InChI is InChI=1S/C14H17NO/c1-14(2)9-12(15-10-14)8-13(16)11-6-4-3-5-7-11/h3-8,15H,9-10H2,1-2H3/b12-8-. The molecule has 0 unspecified atom stereocenters. The zero-order chi connectivity index (χ0) is 11.6. The van der Waals surface area contributed by atoms with Crippen LogP contribution in [0.1, 0.15) is 30.6 Å². The van der Waals surface area contributed by atoms with Gasteiger partial charge in [-0.05, 0) is 11.8 Å². The molecule has 1 aromatic rings. The van der Waals surface area contributed by atoms with Crippen LogP contribution in [-0.4, -0.2) is 12.3 Å². The van der Waals surface area contributed by atoms with Crippen LogP contribution in [0.4, 0.5) is 0 Å². The fourth-order valence-corrected chi connectivity index (χ4v) is 1.94. The summed E-state index contributed by atoms with van der Waals surface area (Å²) in [4.78, 5) is 11.9. The van der Waals surface area contributed by atoms with Crippen molar-refractivity contribution >= 4 is 5.78 Å². The Morgan fingerprint density at radius 1 is 1.31 bits per heavy atom. The maximum atomic E-state index is 11.9. The van der Waals surface area contributed by atoms with Crippen molar-refractivity contribution in [2.45, 2.75) is 20.3 Å². The molecule has 0 bridgehead atoms. The molecule has 2 heteroatoms. The summed E-state index contributed by atoms with van der Waals surface area (Å²) in [7, 11) is 0. The van der Waals surface area contributed by atoms with E-state index in [2.05, 4.69) is 19.2 Å². The van der Waals surface area contributed by atoms with Gasteiger partial charge in [-0.1, -0.05) is 44.2 Å². The summed E-state index contributed by atoms with van der Waals surface area (Å²) in [6.45, 7) is 5.35. The molecule has 0 aromatic heterocycles. The minimum absolute atomic E-state index is 0.0841. The van der Waals surface area contributed by atoms with E-state index in [9.17, 15) is 4.79 Å². The van der Waals surface area contributed by atoms with Gasteiger partial charge in [0.25, 0.3) is 0 Å². The molecule has 0 radical (unpaired) electrons. The van der Waals surface area contributed by atoms with Gasteiger partial charge in [0.05, 0.1) is 0 Å². The number of carbonyl (C=O) groups is 1. The Morgan fingerprint density at radius 2 is 2.00 bits per heavy atom. The van der Waals surface area contributed by atoms with Gasteiger partial charge < -0.3 is 5.32 Å². The van der Waals surface area contributed by atoms with E-state index >= 15 is 0 Å². The number of hydrogen-bond acceptors (Lipinski definition) is 2. The lowest BCUT2D eigenvalue weighted by atomic mass is 9.92. The molecule has 2 rings (SSSR count). The molecule has 0 aliphatic carbocycles. The summed E-state index contributed by atoms with van der Waals surface area (Å²) in [6, 6.07) is 9.38. The summed E-state index contributed by atoms with van der Waals surface area (Å²) in [5, 5.41) is 3.29. The van der Waals surface area contributed by atoms with Gasteiger partial charge in [-0.3, -0.25) is 4.79 Å². The van der Waals surface area contributed by atoms with Crippen LogP contribution in [0, 0.1) is 5.41 Å². The summed E-state index contributed by atoms with van der Waals surface area (Å²) in [5.41, 5.74) is 2.07. The number of ketones is 1. The van der Waals surface area contributed by atoms with Gasteiger partial charge in [-0.2, -0.15) is 0 Å². The minimum Gasteiger partial charge on any atom is -0.388 e. The van der Waals surface area contributed by atoms with Crippen molar-refractivity contribution in [2.24, 2.45) is 5.41 Å². The topological polar surface area (TPSA) is 29.1 Å². The van der Waals surface area contributed by atoms with E-state index in [1.807, 2.05) is 30.3 Å². The lowest BCUT2D eigenvalue weighted by Crippen LogP contribution is -2.15. The molecule has 2 nitrogen and oxygen atoms in total. The van der Waals surface area contributed by atoms with Crippen molar-refractivity contribution in [2.75, 3.05) is 6.54 Å². The fraction of sp³-hybridized carbons (Fsp3) is 0.357. The Balaban J connectivity index is 2.11. The van der Waals surface area contributed by atoms with E-state index in [0.29, 0.717) is 0 Å². The third kappa shape index (κ3) is 2.51. The van der Waals surface area contributed by atoms with Crippen molar-refractivity contribution in [3.63, 3.8) is 0 Å². The smallest absolute Gasteiger partial charge is 0.187 e. The Labute approximate surface area is 96.4 Å². The first-order valence-corrected chi connectivity index (χ1v) is 5.61. The summed E-state index contributed by atoms with van der Waals surface area (Å²) in [6.07, 6.45) is 2.68. The maximum absolute atomic E-state index is 11.9. The summed E-state index contributed by atoms with van der Waals surface area (Å²) < 4.78 is 0. The van der Waals surface area contributed by atoms with Crippen molar-refractivity contribution < 1.29 is 4.79 Å². The number of benzene rings is 1. The van der Waals surface area contributed by atoms with E-state index < -0.39 is 0 Å². The third-order valence-electron chi connectivity index (χ3n) is 2.83. The number of carbonyl (C=O) groups excluding carboxylic acids is 1. The Kier molecular flexibility index (Phi) is 2.82. The SMILES string of the molecule is CC1(C)CN/C(=C\C(=O)c2ccccc2)C1. The molecular weight excluding hydrogens is 198 g/mol. The largest absolute Gasteiger partial charge is 0.388 e. The van der Waals surface area contributed by atoms with E-state index in [1.165, 1.54) is 0 Å². The summed E-state index contributed by atoms with van der Waals surface area (Å²) in [5.74, 6) is 0.0841. The van der Waals surface area contributed by atoms with Crippen LogP contribution in [0.5, 0.6) is 0 Å². The van der Waals surface area contributed by atoms with Crippen LogP contribution in [0.15, 0.2) is 42.1 Å². The predicted octanol–water partition coefficient (Wildman–Crippen LogP) is 2.77. The van der Waals surface area contributed by atoms with Gasteiger partial charge in [-0.25, -0.2) is 0 Å². The monoisotopic (exact) mass is 215 g/mol. The quantitative estimate of drug-likeness (QED) is 0.607. The fourth-order valence-electron chi connectivity index (χ4n) is 1.94. The van der Waals surface area contributed by atoms with Crippen LogP contribution >= 0.6 is 0 Å². The lowest BCUT2D eigenvalue weighted by Gasteiger charge is -2.12. The number of hydrogen-bond donors (Lipinski definition) is 1. The van der Waals surface area contributed by atoms with Gasteiger partial charge in [0.2, 0.25) is 0 Å². The van der Waals surface area contributed by atoms with E-state index in [0.717, 1.165) is 24.2 Å². The lowest BCUT2D eigenvalue weighted by molar-refractivity contribution is 0.104. The molecule has 0 spiro atoms. The molecule has 0 amide bonds. The highest BCUT2D eigenvalue weighted by atomic mass is 16.1. The second-order valence-corrected chi connectivity index (χ2v) is 5.09. The minimum atomic E-state index is 0.0841. The van der Waals surface area contributed by atoms with Gasteiger partial charge >= 0.3 is 0 Å². The average molecular weight is 215 g/mol. The van der Waals surface area contributed by atoms with Gasteiger partial charge in [0.1, 0.15) is 0 Å². The van der Waals surface area contributed by atoms with Crippen LogP contribution in [0.25, 0.3) is 0 Å². The first-order chi connectivity index (χ1) is 7.57. The van der Waals surface area contributed by atoms with Crippen LogP contribution in [-0.2, 0) is 0 Å². The molecule has 1 heterocycles. The number of allylic oxidation sites excluding steroid dienone is 2. The first-order valence-electron chi connectivity index (χ1n) is 5.61. The highest BCUT2D eigenvalue weighted by molar-refractivity contribution is 6.04. The molecule has 0 atom stereocenters. The molecule has 16 heavy (non-hydrogen) atoms. The molecule has 1 aliphatic heterocycles. The van der Waals surface area contributed by atoms with E-state index in [4.69, 9.17) is 0 Å². The molecular formula is C14H17NO. The second kappa shape index (κ2) is 4.12. The van der Waals surface area contributed by atoms with E-state index in [-0.39, 0.29) is 11.2 Å². The normalized spacial score (nSPS) is 20.8. The van der Waals surface area contributed by atoms with Crippen molar-refractivity contribution in [1.29, 1.82) is 0 Å². The Hall–Kier alpha value is -1.57. The number of nitrogens with one attached hydrogen (secondary N) is 1. The zero-order valence-corrected chi connectivity index (χ0v) is 9.79. The van der Waals surface area contributed by atoms with E-state index in [1.54, 1.807) is 6.08 Å². The van der Waals surface area contributed by atoms with Crippen LogP contribution < -0.4 is 5.32 Å². The molecule has 1 aliphatic rings. The molecule has 1 saturated heterocycles. The van der Waals surface area contributed by atoms with Crippen LogP contribution in [0.3, 0.4) is 0 Å². The highest BCUT2D eigenvalue weighted by Crippen LogP contribution is 2.29. The van der Waals surface area contributed by atoms with Crippen molar-refractivity contribution in [1.82, 2.24) is 5.32 Å². The van der Waals surface area contributed by atoms with Gasteiger partial charge in [0.15, 0.2) is 5.78 Å². The first kappa shape index (κ1) is 10.9. The predicted molar refractivity (Wildman–Crippen MR) is 65.3 cm³/mol. The average Bonchev–Trinajstić information content (AvgIpc) is 2.59. The van der Waals surface area contributed by atoms with Crippen molar-refractivity contribution in [3.05, 3.63) is 47.7 Å². The molecule has 1 fully saturated rings. The van der Waals surface area contributed by atoms with Crippen molar-refractivity contribution in [3.8, 4) is 0 Å². The Morgan fingerprint density at radius 3 is 2.56 bits per heavy atom. The number of rotatable bonds is 2. The summed E-state index contributed by atoms with van der Waals surface area (Å²) >= 11 is 0. The molecule has 1 aromatic carbocycles. The molecule has 1 N–H and O–H groups in total. The maximum Gasteiger partial charge on any atom is 0.187 e. The van der Waals surface area contributed by atoms with Crippen LogP contribution in [0.2, 0.25) is 0 Å². The third-order valence-corrected chi connectivity index (χ3v) is 2.83. The molecule has 84 valence electrons. The zero-order valence-electron chi connectivity index (χ0n) is 9.79. The highest BCUT2D eigenvalue weighted by Gasteiger charge is 2.26. The molecule has 0 saturated carbocycles. The second-order valence-electron chi connectivity index (χ2n) is 5.09. The van der Waals surface area contributed by atoms with Gasteiger partial charge in [0, 0.05) is 23.9 Å².